The fourth-order valence-electron chi connectivity index (χ4n) is 3.34. The number of benzene rings is 1. The Hall–Kier alpha value is -2.67. The van der Waals surface area contributed by atoms with Gasteiger partial charge >= 0.3 is 0 Å². The van der Waals surface area contributed by atoms with Gasteiger partial charge in [0.2, 0.25) is 5.91 Å². The number of carbonyl (C=O) groups is 3. The van der Waals surface area contributed by atoms with Crippen LogP contribution in [-0.4, -0.2) is 41.2 Å². The molecule has 0 radical (unpaired) electrons. The van der Waals surface area contributed by atoms with Gasteiger partial charge in [-0.3, -0.25) is 14.4 Å². The molecule has 0 unspecified atom stereocenters. The fourth-order valence-corrected chi connectivity index (χ4v) is 3.98. The number of nitrogens with one attached hydrogen (secondary N) is 2. The molecule has 0 spiro atoms. The van der Waals surface area contributed by atoms with Crippen LogP contribution in [0.1, 0.15) is 64.1 Å². The summed E-state index contributed by atoms with van der Waals surface area (Å²) in [6.45, 7) is 1.06. The summed E-state index contributed by atoms with van der Waals surface area (Å²) in [5.41, 5.74) is 1.70. The average Bonchev–Trinajstić information content (AvgIpc) is 3.69. The van der Waals surface area contributed by atoms with E-state index in [1.165, 1.54) is 11.3 Å². The van der Waals surface area contributed by atoms with Gasteiger partial charge in [0.1, 0.15) is 0 Å². The second-order valence-corrected chi connectivity index (χ2v) is 8.98. The van der Waals surface area contributed by atoms with E-state index in [1.54, 1.807) is 6.07 Å². The summed E-state index contributed by atoms with van der Waals surface area (Å²) in [7, 11) is 0. The first-order valence-electron chi connectivity index (χ1n) is 10.6. The SMILES string of the molecule is O=C(NC1CC1)c1ccc(CN(C(=O)CCCNC(=O)c2cccs2)C2CC2)cc1. The summed E-state index contributed by atoms with van der Waals surface area (Å²) >= 11 is 1.41. The lowest BCUT2D eigenvalue weighted by Crippen LogP contribution is -2.33. The molecule has 2 aromatic rings. The third-order valence-corrected chi connectivity index (χ3v) is 6.26. The zero-order valence-electron chi connectivity index (χ0n) is 16.9. The van der Waals surface area contributed by atoms with Gasteiger partial charge in [-0.05, 0) is 61.2 Å². The van der Waals surface area contributed by atoms with E-state index >= 15 is 0 Å². The maximum atomic E-state index is 12.8. The molecule has 1 aromatic carbocycles. The number of hydrogen-bond donors (Lipinski definition) is 2. The van der Waals surface area contributed by atoms with Crippen molar-refractivity contribution in [2.45, 2.75) is 57.2 Å². The normalized spacial score (nSPS) is 15.5. The molecule has 2 N–H and O–H groups in total. The fraction of sp³-hybridized carbons (Fsp3) is 0.435. The molecule has 30 heavy (non-hydrogen) atoms. The molecule has 7 heteroatoms. The van der Waals surface area contributed by atoms with Crippen LogP contribution in [0.2, 0.25) is 0 Å². The van der Waals surface area contributed by atoms with Crippen molar-refractivity contribution in [2.75, 3.05) is 6.54 Å². The van der Waals surface area contributed by atoms with E-state index in [0.29, 0.717) is 48.5 Å². The summed E-state index contributed by atoms with van der Waals surface area (Å²) in [4.78, 5) is 39.5. The molecule has 0 atom stereocenters. The molecule has 0 aliphatic heterocycles. The van der Waals surface area contributed by atoms with Gasteiger partial charge in [-0.1, -0.05) is 18.2 Å². The Balaban J connectivity index is 1.24. The van der Waals surface area contributed by atoms with Crippen LogP contribution in [0.25, 0.3) is 0 Å². The van der Waals surface area contributed by atoms with Crippen LogP contribution in [0.5, 0.6) is 0 Å². The quantitative estimate of drug-likeness (QED) is 0.573. The van der Waals surface area contributed by atoms with Gasteiger partial charge in [-0.15, -0.1) is 11.3 Å². The minimum absolute atomic E-state index is 0.0243. The first-order chi connectivity index (χ1) is 14.6. The molecule has 0 saturated heterocycles. The van der Waals surface area contributed by atoms with Crippen molar-refractivity contribution in [3.8, 4) is 0 Å². The summed E-state index contributed by atoms with van der Waals surface area (Å²) in [5, 5.41) is 7.73. The number of amides is 3. The molecule has 4 rings (SSSR count). The highest BCUT2D eigenvalue weighted by molar-refractivity contribution is 7.12. The van der Waals surface area contributed by atoms with Crippen molar-refractivity contribution in [3.05, 3.63) is 57.8 Å². The van der Waals surface area contributed by atoms with Crippen LogP contribution in [0.4, 0.5) is 0 Å². The summed E-state index contributed by atoms with van der Waals surface area (Å²) in [6.07, 6.45) is 5.27. The predicted octanol–water partition coefficient (Wildman–Crippen LogP) is 3.34. The van der Waals surface area contributed by atoms with Gasteiger partial charge < -0.3 is 15.5 Å². The molecule has 3 amide bonds. The van der Waals surface area contributed by atoms with Crippen molar-refractivity contribution >= 4 is 29.1 Å². The maximum Gasteiger partial charge on any atom is 0.261 e. The largest absolute Gasteiger partial charge is 0.351 e. The topological polar surface area (TPSA) is 78.5 Å². The number of hydrogen-bond acceptors (Lipinski definition) is 4. The van der Waals surface area contributed by atoms with Crippen LogP contribution in [0, 0.1) is 0 Å². The number of carbonyl (C=O) groups excluding carboxylic acids is 3. The van der Waals surface area contributed by atoms with E-state index in [-0.39, 0.29) is 17.7 Å². The van der Waals surface area contributed by atoms with E-state index in [1.807, 2.05) is 40.6 Å². The highest BCUT2D eigenvalue weighted by Crippen LogP contribution is 2.29. The number of nitrogens with zero attached hydrogens (tertiary/aromatic N) is 1. The first kappa shape index (κ1) is 20.6. The van der Waals surface area contributed by atoms with Crippen molar-refractivity contribution in [1.82, 2.24) is 15.5 Å². The molecular formula is C23H27N3O3S. The third-order valence-electron chi connectivity index (χ3n) is 5.39. The highest BCUT2D eigenvalue weighted by Gasteiger charge is 2.32. The third kappa shape index (κ3) is 5.69. The summed E-state index contributed by atoms with van der Waals surface area (Å²) in [5.74, 6) is 0.0181. The Morgan fingerprint density at radius 2 is 1.77 bits per heavy atom. The Labute approximate surface area is 180 Å². The van der Waals surface area contributed by atoms with Gasteiger partial charge in [0.05, 0.1) is 4.88 Å². The van der Waals surface area contributed by atoms with Gasteiger partial charge in [-0.25, -0.2) is 0 Å². The van der Waals surface area contributed by atoms with E-state index < -0.39 is 0 Å². The second-order valence-electron chi connectivity index (χ2n) is 8.03. The lowest BCUT2D eigenvalue weighted by atomic mass is 10.1. The van der Waals surface area contributed by atoms with Crippen LogP contribution in [0.3, 0.4) is 0 Å². The predicted molar refractivity (Wildman–Crippen MR) is 116 cm³/mol. The highest BCUT2D eigenvalue weighted by atomic mass is 32.1. The van der Waals surface area contributed by atoms with Gasteiger partial charge in [0.25, 0.3) is 11.8 Å². The molecule has 1 heterocycles. The molecule has 1 aromatic heterocycles. The van der Waals surface area contributed by atoms with Crippen LogP contribution in [-0.2, 0) is 11.3 Å². The van der Waals surface area contributed by atoms with E-state index in [9.17, 15) is 14.4 Å². The standard InChI is InChI=1S/C23H27N3O3S/c27-21(4-1-13-24-23(29)20-3-2-14-30-20)26(19-11-12-19)15-16-5-7-17(8-6-16)22(28)25-18-9-10-18/h2-3,5-8,14,18-19H,1,4,9-13,15H2,(H,24,29)(H,25,28). The summed E-state index contributed by atoms with van der Waals surface area (Å²) in [6, 6.07) is 11.8. The van der Waals surface area contributed by atoms with Gasteiger partial charge in [0.15, 0.2) is 0 Å². The zero-order chi connectivity index (χ0) is 20.9. The molecule has 2 saturated carbocycles. The van der Waals surface area contributed by atoms with Crippen molar-refractivity contribution < 1.29 is 14.4 Å². The molecule has 2 aliphatic rings. The molecule has 2 fully saturated rings. The summed E-state index contributed by atoms with van der Waals surface area (Å²) < 4.78 is 0. The van der Waals surface area contributed by atoms with Crippen molar-refractivity contribution in [1.29, 1.82) is 0 Å². The maximum absolute atomic E-state index is 12.8. The second kappa shape index (κ2) is 9.43. The van der Waals surface area contributed by atoms with Gasteiger partial charge in [-0.2, -0.15) is 0 Å². The Morgan fingerprint density at radius 1 is 1.00 bits per heavy atom. The van der Waals surface area contributed by atoms with E-state index in [4.69, 9.17) is 0 Å². The minimum atomic E-state index is -0.0812. The zero-order valence-corrected chi connectivity index (χ0v) is 17.7. The Bertz CT molecular complexity index is 887. The molecule has 6 nitrogen and oxygen atoms in total. The minimum Gasteiger partial charge on any atom is -0.351 e. The van der Waals surface area contributed by atoms with Gasteiger partial charge in [0, 0.05) is 37.2 Å². The Kier molecular flexibility index (Phi) is 6.47. The van der Waals surface area contributed by atoms with Crippen LogP contribution in [0.15, 0.2) is 41.8 Å². The molecule has 2 aliphatic carbocycles. The lowest BCUT2D eigenvalue weighted by molar-refractivity contribution is -0.132. The molecule has 158 valence electrons. The van der Waals surface area contributed by atoms with Crippen LogP contribution >= 0.6 is 11.3 Å². The molecule has 0 bridgehead atoms. The number of thiophene rings is 1. The monoisotopic (exact) mass is 425 g/mol. The van der Waals surface area contributed by atoms with Crippen LogP contribution < -0.4 is 10.6 Å². The number of rotatable bonds is 10. The van der Waals surface area contributed by atoms with Crippen molar-refractivity contribution in [3.63, 3.8) is 0 Å². The lowest BCUT2D eigenvalue weighted by Gasteiger charge is -2.23. The van der Waals surface area contributed by atoms with E-state index in [0.717, 1.165) is 31.2 Å². The molecular weight excluding hydrogens is 398 g/mol. The smallest absolute Gasteiger partial charge is 0.261 e. The average molecular weight is 426 g/mol. The van der Waals surface area contributed by atoms with Crippen molar-refractivity contribution in [2.24, 2.45) is 0 Å². The van der Waals surface area contributed by atoms with E-state index in [2.05, 4.69) is 10.6 Å². The first-order valence-corrected chi connectivity index (χ1v) is 11.5. The Morgan fingerprint density at radius 3 is 2.40 bits per heavy atom.